The Morgan fingerprint density at radius 1 is 1.13 bits per heavy atom. The van der Waals surface area contributed by atoms with E-state index in [4.69, 9.17) is 5.26 Å². The maximum absolute atomic E-state index is 14.3. The smallest absolute Gasteiger partial charge is 0.251 e. The molecule has 3 heterocycles. The Hall–Kier alpha value is -3.73. The summed E-state index contributed by atoms with van der Waals surface area (Å²) in [6.45, 7) is 4.66. The molecule has 1 aliphatic heterocycles. The molecule has 0 radical (unpaired) electrons. The first-order valence-electron chi connectivity index (χ1n) is 9.83. The Bertz CT molecular complexity index is 1140. The molecule has 1 fully saturated rings. The Kier molecular flexibility index (Phi) is 5.44. The fourth-order valence-corrected chi connectivity index (χ4v) is 3.55. The molecule has 0 unspecified atom stereocenters. The van der Waals surface area contributed by atoms with Crippen LogP contribution in [-0.4, -0.2) is 41.1 Å². The van der Waals surface area contributed by atoms with Crippen molar-refractivity contribution in [1.29, 1.82) is 5.26 Å². The van der Waals surface area contributed by atoms with E-state index in [2.05, 4.69) is 19.9 Å². The average molecular weight is 404 g/mol. The summed E-state index contributed by atoms with van der Waals surface area (Å²) in [5.74, 6) is 0.966. The summed E-state index contributed by atoms with van der Waals surface area (Å²) >= 11 is 0. The van der Waals surface area contributed by atoms with Crippen LogP contribution in [0.15, 0.2) is 47.4 Å². The highest BCUT2D eigenvalue weighted by Gasteiger charge is 2.20. The van der Waals surface area contributed by atoms with E-state index in [-0.39, 0.29) is 11.4 Å². The second kappa shape index (κ2) is 8.33. The van der Waals surface area contributed by atoms with E-state index in [1.54, 1.807) is 18.3 Å². The van der Waals surface area contributed by atoms with Gasteiger partial charge < -0.3 is 14.8 Å². The number of H-pyrrole nitrogens is 1. The number of piperazine rings is 1. The van der Waals surface area contributed by atoms with Gasteiger partial charge in [0.25, 0.3) is 5.56 Å². The van der Waals surface area contributed by atoms with Gasteiger partial charge >= 0.3 is 0 Å². The Morgan fingerprint density at radius 2 is 1.90 bits per heavy atom. The van der Waals surface area contributed by atoms with E-state index in [1.165, 1.54) is 12.1 Å². The molecular formula is C22H21FN6O. The topological polar surface area (TPSA) is 88.9 Å². The third-order valence-electron chi connectivity index (χ3n) is 5.20. The van der Waals surface area contributed by atoms with Gasteiger partial charge in [0.2, 0.25) is 0 Å². The lowest BCUT2D eigenvalue weighted by molar-refractivity contribution is 0.596. The van der Waals surface area contributed by atoms with Crippen LogP contribution in [0.4, 0.5) is 15.9 Å². The van der Waals surface area contributed by atoms with Crippen molar-refractivity contribution in [3.63, 3.8) is 0 Å². The van der Waals surface area contributed by atoms with Gasteiger partial charge in [0.05, 0.1) is 17.3 Å². The predicted octanol–water partition coefficient (Wildman–Crippen LogP) is 2.73. The fraction of sp³-hybridized carbons (Fsp3) is 0.273. The van der Waals surface area contributed by atoms with Crippen LogP contribution in [-0.2, 0) is 6.42 Å². The Labute approximate surface area is 173 Å². The lowest BCUT2D eigenvalue weighted by Crippen LogP contribution is -2.47. The van der Waals surface area contributed by atoms with Gasteiger partial charge in [0.15, 0.2) is 0 Å². The van der Waals surface area contributed by atoms with E-state index in [0.717, 1.165) is 17.1 Å². The largest absolute Gasteiger partial charge is 0.366 e. The molecule has 0 aliphatic carbocycles. The lowest BCUT2D eigenvalue weighted by atomic mass is 10.1. The Morgan fingerprint density at radius 3 is 2.53 bits per heavy atom. The van der Waals surface area contributed by atoms with E-state index in [1.807, 2.05) is 30.0 Å². The molecule has 0 amide bonds. The molecule has 0 atom stereocenters. The van der Waals surface area contributed by atoms with Gasteiger partial charge in [-0.25, -0.2) is 14.4 Å². The first-order chi connectivity index (χ1) is 14.6. The van der Waals surface area contributed by atoms with Crippen molar-refractivity contribution >= 4 is 11.5 Å². The first kappa shape index (κ1) is 19.6. The standard InChI is InChI=1S/C22H21FN6O/c1-2-17-12-21(30)27-22(26-17)16-4-6-20(25-14-16)29-9-7-28(8-10-29)19-5-3-15(13-24)11-18(19)23/h3-6,11-12,14H,2,7-10H2,1H3,(H,26,27,30). The zero-order valence-electron chi connectivity index (χ0n) is 16.6. The minimum atomic E-state index is -0.374. The molecule has 30 heavy (non-hydrogen) atoms. The second-order valence-corrected chi connectivity index (χ2v) is 7.10. The van der Waals surface area contributed by atoms with Crippen LogP contribution in [0, 0.1) is 17.1 Å². The second-order valence-electron chi connectivity index (χ2n) is 7.10. The predicted molar refractivity (Wildman–Crippen MR) is 113 cm³/mol. The summed E-state index contributed by atoms with van der Waals surface area (Å²) in [5.41, 5.74) is 2.16. The minimum absolute atomic E-state index is 0.174. The molecule has 0 saturated carbocycles. The van der Waals surface area contributed by atoms with Crippen LogP contribution in [0.25, 0.3) is 11.4 Å². The molecule has 152 valence electrons. The quantitative estimate of drug-likeness (QED) is 0.719. The van der Waals surface area contributed by atoms with Crippen molar-refractivity contribution in [2.45, 2.75) is 13.3 Å². The normalized spacial score (nSPS) is 13.9. The number of halogens is 1. The van der Waals surface area contributed by atoms with Crippen molar-refractivity contribution < 1.29 is 4.39 Å². The van der Waals surface area contributed by atoms with Gasteiger partial charge in [-0.15, -0.1) is 0 Å². The third-order valence-corrected chi connectivity index (χ3v) is 5.20. The minimum Gasteiger partial charge on any atom is -0.366 e. The molecule has 2 aromatic heterocycles. The maximum atomic E-state index is 14.3. The van der Waals surface area contributed by atoms with Crippen LogP contribution in [0.5, 0.6) is 0 Å². The van der Waals surface area contributed by atoms with Gasteiger partial charge in [0.1, 0.15) is 17.5 Å². The summed E-state index contributed by atoms with van der Waals surface area (Å²) < 4.78 is 14.3. The highest BCUT2D eigenvalue weighted by atomic mass is 19.1. The van der Waals surface area contributed by atoms with Crippen molar-refractivity contribution in [3.05, 3.63) is 70.0 Å². The number of benzene rings is 1. The van der Waals surface area contributed by atoms with Gasteiger partial charge in [-0.3, -0.25) is 4.79 Å². The lowest BCUT2D eigenvalue weighted by Gasteiger charge is -2.36. The van der Waals surface area contributed by atoms with E-state index < -0.39 is 0 Å². The van der Waals surface area contributed by atoms with Gasteiger partial charge in [0, 0.05) is 49.7 Å². The molecule has 0 spiro atoms. The van der Waals surface area contributed by atoms with E-state index >= 15 is 0 Å². The maximum Gasteiger partial charge on any atom is 0.251 e. The summed E-state index contributed by atoms with van der Waals surface area (Å²) in [6.07, 6.45) is 2.40. The number of nitrogens with zero attached hydrogens (tertiary/aromatic N) is 5. The van der Waals surface area contributed by atoms with Crippen LogP contribution in [0.2, 0.25) is 0 Å². The number of hydrogen-bond acceptors (Lipinski definition) is 6. The summed E-state index contributed by atoms with van der Waals surface area (Å²) in [7, 11) is 0. The average Bonchev–Trinajstić information content (AvgIpc) is 2.79. The van der Waals surface area contributed by atoms with Crippen LogP contribution >= 0.6 is 0 Å². The van der Waals surface area contributed by atoms with Crippen LogP contribution in [0.3, 0.4) is 0 Å². The van der Waals surface area contributed by atoms with Gasteiger partial charge in [-0.2, -0.15) is 5.26 Å². The van der Waals surface area contributed by atoms with Gasteiger partial charge in [-0.1, -0.05) is 6.92 Å². The first-order valence-corrected chi connectivity index (χ1v) is 9.83. The van der Waals surface area contributed by atoms with E-state index in [0.29, 0.717) is 49.7 Å². The molecule has 3 aromatic rings. The SMILES string of the molecule is CCc1cc(=O)[nH]c(-c2ccc(N3CCN(c4ccc(C#N)cc4F)CC3)nc2)n1. The number of nitriles is 1. The number of rotatable bonds is 4. The molecule has 1 saturated heterocycles. The number of pyridine rings is 1. The molecule has 4 rings (SSSR count). The number of nitrogens with one attached hydrogen (secondary N) is 1. The van der Waals surface area contributed by atoms with Gasteiger partial charge in [-0.05, 0) is 36.8 Å². The molecule has 1 aromatic carbocycles. The summed E-state index contributed by atoms with van der Waals surface area (Å²) in [5, 5.41) is 8.89. The number of hydrogen-bond donors (Lipinski definition) is 1. The van der Waals surface area contributed by atoms with Crippen molar-refractivity contribution in [1.82, 2.24) is 15.0 Å². The van der Waals surface area contributed by atoms with Crippen molar-refractivity contribution in [3.8, 4) is 17.5 Å². The highest BCUT2D eigenvalue weighted by molar-refractivity contribution is 5.57. The zero-order chi connectivity index (χ0) is 21.1. The molecular weight excluding hydrogens is 383 g/mol. The van der Waals surface area contributed by atoms with Crippen LogP contribution < -0.4 is 15.4 Å². The molecule has 1 aliphatic rings. The number of aromatic amines is 1. The number of aryl methyl sites for hydroxylation is 1. The number of aromatic nitrogens is 3. The molecule has 0 bridgehead atoms. The Balaban J connectivity index is 1.45. The highest BCUT2D eigenvalue weighted by Crippen LogP contribution is 2.24. The number of anilines is 2. The van der Waals surface area contributed by atoms with Crippen molar-refractivity contribution in [2.75, 3.05) is 36.0 Å². The zero-order valence-corrected chi connectivity index (χ0v) is 16.6. The molecule has 8 heteroatoms. The van der Waals surface area contributed by atoms with E-state index in [9.17, 15) is 9.18 Å². The summed E-state index contributed by atoms with van der Waals surface area (Å²) in [6, 6.07) is 11.8. The van der Waals surface area contributed by atoms with Crippen LogP contribution in [0.1, 0.15) is 18.2 Å². The van der Waals surface area contributed by atoms with Crippen molar-refractivity contribution in [2.24, 2.45) is 0 Å². The monoisotopic (exact) mass is 404 g/mol. The third kappa shape index (κ3) is 4.01. The molecule has 1 N–H and O–H groups in total. The summed E-state index contributed by atoms with van der Waals surface area (Å²) in [4.78, 5) is 27.7. The fourth-order valence-electron chi connectivity index (χ4n) is 3.55. The molecule has 7 nitrogen and oxygen atoms in total.